The van der Waals surface area contributed by atoms with Crippen molar-refractivity contribution in [3.05, 3.63) is 23.5 Å². The first-order valence-electron chi connectivity index (χ1n) is 6.70. The number of aryl methyl sites for hydroxylation is 2. The molecule has 0 bridgehead atoms. The molecule has 0 saturated heterocycles. The lowest BCUT2D eigenvalue weighted by Crippen LogP contribution is -2.27. The lowest BCUT2D eigenvalue weighted by molar-refractivity contribution is -0.141. The summed E-state index contributed by atoms with van der Waals surface area (Å²) in [5.41, 5.74) is 1.99. The van der Waals surface area contributed by atoms with E-state index >= 15 is 0 Å². The van der Waals surface area contributed by atoms with E-state index in [0.717, 1.165) is 16.7 Å². The number of carboxylic acid groups (broad SMARTS) is 1. The van der Waals surface area contributed by atoms with Gasteiger partial charge in [0.15, 0.2) is 5.65 Å². The number of amides is 1. The zero-order chi connectivity index (χ0) is 15.6. The van der Waals surface area contributed by atoms with Gasteiger partial charge < -0.3 is 10.4 Å². The van der Waals surface area contributed by atoms with Crippen LogP contribution in [0, 0.1) is 12.8 Å². The quantitative estimate of drug-likeness (QED) is 0.860. The third-order valence-corrected chi connectivity index (χ3v) is 3.41. The minimum atomic E-state index is -0.863. The van der Waals surface area contributed by atoms with Gasteiger partial charge in [0, 0.05) is 25.2 Å². The van der Waals surface area contributed by atoms with Gasteiger partial charge in [-0.3, -0.25) is 14.3 Å². The predicted octanol–water partition coefficient (Wildman–Crippen LogP) is 1.12. The van der Waals surface area contributed by atoms with E-state index in [0.29, 0.717) is 18.5 Å². The summed E-state index contributed by atoms with van der Waals surface area (Å²) < 4.78 is 1.67. The highest BCUT2D eigenvalue weighted by Crippen LogP contribution is 2.16. The monoisotopic (exact) mass is 290 g/mol. The van der Waals surface area contributed by atoms with Crippen molar-refractivity contribution in [3.8, 4) is 0 Å². The number of pyridine rings is 1. The number of fused-ring (bicyclic) bond motifs is 1. The molecule has 0 radical (unpaired) electrons. The van der Waals surface area contributed by atoms with Crippen LogP contribution in [0.4, 0.5) is 0 Å². The van der Waals surface area contributed by atoms with Crippen LogP contribution in [-0.4, -0.2) is 38.3 Å². The smallest absolute Gasteiger partial charge is 0.306 e. The normalized spacial score (nSPS) is 12.3. The largest absolute Gasteiger partial charge is 0.481 e. The molecule has 0 saturated carbocycles. The Balaban J connectivity index is 2.06. The molecule has 2 N–H and O–H groups in total. The zero-order valence-electron chi connectivity index (χ0n) is 12.3. The van der Waals surface area contributed by atoms with Crippen molar-refractivity contribution < 1.29 is 14.7 Å². The van der Waals surface area contributed by atoms with E-state index in [2.05, 4.69) is 15.4 Å². The van der Waals surface area contributed by atoms with Gasteiger partial charge >= 0.3 is 5.97 Å². The molecule has 2 rings (SSSR count). The number of carboxylic acids is 1. The zero-order valence-corrected chi connectivity index (χ0v) is 12.3. The Morgan fingerprint density at radius 2 is 2.19 bits per heavy atom. The molecule has 0 aromatic carbocycles. The van der Waals surface area contributed by atoms with Crippen LogP contribution >= 0.6 is 0 Å². The second-order valence-corrected chi connectivity index (χ2v) is 5.09. The van der Waals surface area contributed by atoms with Gasteiger partial charge in [-0.05, 0) is 19.4 Å². The SMILES string of the molecule is Cc1nn(C)c2ncc(C(=O)NCCC(C)C(=O)O)cc12. The number of carbonyl (C=O) groups is 2. The van der Waals surface area contributed by atoms with Gasteiger partial charge in [0.05, 0.1) is 17.2 Å². The fraction of sp³-hybridized carbons (Fsp3) is 0.429. The van der Waals surface area contributed by atoms with Crippen LogP contribution in [-0.2, 0) is 11.8 Å². The van der Waals surface area contributed by atoms with Gasteiger partial charge in [0.2, 0.25) is 0 Å². The first-order valence-corrected chi connectivity index (χ1v) is 6.70. The molecule has 0 spiro atoms. The van der Waals surface area contributed by atoms with Gasteiger partial charge in [0.1, 0.15) is 0 Å². The topological polar surface area (TPSA) is 97.1 Å². The van der Waals surface area contributed by atoms with Crippen molar-refractivity contribution in [2.75, 3.05) is 6.54 Å². The number of nitrogens with one attached hydrogen (secondary N) is 1. The summed E-state index contributed by atoms with van der Waals surface area (Å²) in [6.07, 6.45) is 1.89. The maximum Gasteiger partial charge on any atom is 0.306 e. The molecule has 2 heterocycles. The third kappa shape index (κ3) is 3.18. The average Bonchev–Trinajstić information content (AvgIpc) is 2.73. The van der Waals surface area contributed by atoms with E-state index in [-0.39, 0.29) is 5.91 Å². The minimum Gasteiger partial charge on any atom is -0.481 e. The van der Waals surface area contributed by atoms with E-state index in [1.165, 1.54) is 6.20 Å². The molecule has 0 fully saturated rings. The number of aliphatic carboxylic acids is 1. The van der Waals surface area contributed by atoms with E-state index in [1.54, 1.807) is 24.7 Å². The molecule has 21 heavy (non-hydrogen) atoms. The van der Waals surface area contributed by atoms with E-state index in [4.69, 9.17) is 5.11 Å². The molecule has 2 aromatic rings. The number of rotatable bonds is 5. The molecule has 7 nitrogen and oxygen atoms in total. The standard InChI is InChI=1S/C14H18N4O3/c1-8(14(20)21)4-5-15-13(19)10-6-11-9(2)17-18(3)12(11)16-7-10/h6-8H,4-5H2,1-3H3,(H,15,19)(H,20,21). The fourth-order valence-corrected chi connectivity index (χ4v) is 2.06. The molecular formula is C14H18N4O3. The minimum absolute atomic E-state index is 0.259. The van der Waals surface area contributed by atoms with Crippen molar-refractivity contribution in [1.82, 2.24) is 20.1 Å². The lowest BCUT2D eigenvalue weighted by atomic mass is 10.1. The molecule has 112 valence electrons. The Hall–Kier alpha value is -2.44. The average molecular weight is 290 g/mol. The van der Waals surface area contributed by atoms with Crippen LogP contribution in [0.15, 0.2) is 12.3 Å². The Kier molecular flexibility index (Phi) is 4.21. The van der Waals surface area contributed by atoms with Gasteiger partial charge in [-0.1, -0.05) is 6.92 Å². The molecule has 7 heteroatoms. The fourth-order valence-electron chi connectivity index (χ4n) is 2.06. The Labute approximate surface area is 122 Å². The number of aromatic nitrogens is 3. The Morgan fingerprint density at radius 1 is 1.48 bits per heavy atom. The Bertz CT molecular complexity index is 693. The molecule has 1 amide bonds. The second-order valence-electron chi connectivity index (χ2n) is 5.09. The highest BCUT2D eigenvalue weighted by atomic mass is 16.4. The highest BCUT2D eigenvalue weighted by molar-refractivity contribution is 5.97. The van der Waals surface area contributed by atoms with Crippen molar-refractivity contribution in [2.45, 2.75) is 20.3 Å². The van der Waals surface area contributed by atoms with E-state index in [1.807, 2.05) is 6.92 Å². The van der Waals surface area contributed by atoms with Crippen molar-refractivity contribution in [3.63, 3.8) is 0 Å². The summed E-state index contributed by atoms with van der Waals surface area (Å²) in [6.45, 7) is 3.79. The van der Waals surface area contributed by atoms with Crippen molar-refractivity contribution in [1.29, 1.82) is 0 Å². The van der Waals surface area contributed by atoms with Crippen LogP contribution in [0.25, 0.3) is 11.0 Å². The molecule has 2 aromatic heterocycles. The van der Waals surface area contributed by atoms with Crippen LogP contribution in [0.2, 0.25) is 0 Å². The third-order valence-electron chi connectivity index (χ3n) is 3.41. The maximum atomic E-state index is 12.0. The molecule has 0 aliphatic rings. The van der Waals surface area contributed by atoms with Gasteiger partial charge in [-0.15, -0.1) is 0 Å². The van der Waals surface area contributed by atoms with Crippen molar-refractivity contribution in [2.24, 2.45) is 13.0 Å². The molecule has 0 aliphatic heterocycles. The summed E-state index contributed by atoms with van der Waals surface area (Å²) in [4.78, 5) is 27.0. The number of hydrogen-bond donors (Lipinski definition) is 2. The summed E-state index contributed by atoms with van der Waals surface area (Å²) in [7, 11) is 1.80. The van der Waals surface area contributed by atoms with Gasteiger partial charge in [0.25, 0.3) is 5.91 Å². The van der Waals surface area contributed by atoms with E-state index in [9.17, 15) is 9.59 Å². The molecule has 1 unspecified atom stereocenters. The van der Waals surface area contributed by atoms with Crippen LogP contribution in [0.1, 0.15) is 29.4 Å². The lowest BCUT2D eigenvalue weighted by Gasteiger charge is -2.08. The molecular weight excluding hydrogens is 272 g/mol. The highest BCUT2D eigenvalue weighted by Gasteiger charge is 2.13. The summed E-state index contributed by atoms with van der Waals surface area (Å²) in [6, 6.07) is 1.75. The number of nitrogens with zero attached hydrogens (tertiary/aromatic N) is 3. The second kappa shape index (κ2) is 5.90. The predicted molar refractivity (Wildman–Crippen MR) is 77.0 cm³/mol. The number of hydrogen-bond acceptors (Lipinski definition) is 4. The van der Waals surface area contributed by atoms with Crippen LogP contribution in [0.5, 0.6) is 0 Å². The Morgan fingerprint density at radius 3 is 2.86 bits per heavy atom. The summed E-state index contributed by atoms with van der Waals surface area (Å²) >= 11 is 0. The van der Waals surface area contributed by atoms with E-state index < -0.39 is 11.9 Å². The molecule has 1 atom stereocenters. The molecule has 0 aliphatic carbocycles. The van der Waals surface area contributed by atoms with Crippen molar-refractivity contribution >= 4 is 22.9 Å². The number of carbonyl (C=O) groups excluding carboxylic acids is 1. The summed E-state index contributed by atoms with van der Waals surface area (Å²) in [5.74, 6) is -1.60. The van der Waals surface area contributed by atoms with Gasteiger partial charge in [-0.25, -0.2) is 4.98 Å². The maximum absolute atomic E-state index is 12.0. The van der Waals surface area contributed by atoms with Crippen LogP contribution in [0.3, 0.4) is 0 Å². The summed E-state index contributed by atoms with van der Waals surface area (Å²) in [5, 5.41) is 16.6. The first-order chi connectivity index (χ1) is 9.90. The van der Waals surface area contributed by atoms with Gasteiger partial charge in [-0.2, -0.15) is 5.10 Å². The first kappa shape index (κ1) is 15.0. The van der Waals surface area contributed by atoms with Crippen LogP contribution < -0.4 is 5.32 Å².